The summed E-state index contributed by atoms with van der Waals surface area (Å²) in [7, 11) is 0. The molecule has 1 aliphatic rings. The molecule has 114 valence electrons. The molecule has 0 bridgehead atoms. The maximum Gasteiger partial charge on any atom is 0.0810 e. The Hall–Kier alpha value is -0.120. The molecule has 1 aliphatic carbocycles. The van der Waals surface area contributed by atoms with Crippen LogP contribution in [0.15, 0.2) is 0 Å². The number of hydrogen-bond acceptors (Lipinski definition) is 3. The predicted octanol–water partition coefficient (Wildman–Crippen LogP) is 3.23. The van der Waals surface area contributed by atoms with Gasteiger partial charge in [-0.2, -0.15) is 0 Å². The van der Waals surface area contributed by atoms with Crippen LogP contribution in [0.2, 0.25) is 0 Å². The standard InChI is InChI=1S/C16H33NO2/c1-5-17-13-16(8-6-7-15(4)11-16)19-10-9-18-12-14(2)3/h14-15,17H,5-13H2,1-4H3. The highest BCUT2D eigenvalue weighted by atomic mass is 16.5. The first-order valence-electron chi connectivity index (χ1n) is 8.00. The van der Waals surface area contributed by atoms with E-state index < -0.39 is 0 Å². The van der Waals surface area contributed by atoms with Crippen molar-refractivity contribution in [2.45, 2.75) is 59.0 Å². The minimum Gasteiger partial charge on any atom is -0.379 e. The van der Waals surface area contributed by atoms with E-state index in [0.717, 1.165) is 38.8 Å². The van der Waals surface area contributed by atoms with Gasteiger partial charge in [-0.3, -0.25) is 0 Å². The number of nitrogens with one attached hydrogen (secondary N) is 1. The van der Waals surface area contributed by atoms with Crippen LogP contribution in [0.25, 0.3) is 0 Å². The van der Waals surface area contributed by atoms with Gasteiger partial charge in [-0.1, -0.05) is 40.5 Å². The molecule has 0 aliphatic heterocycles. The van der Waals surface area contributed by atoms with Gasteiger partial charge < -0.3 is 14.8 Å². The van der Waals surface area contributed by atoms with Gasteiger partial charge in [0.15, 0.2) is 0 Å². The summed E-state index contributed by atoms with van der Waals surface area (Å²) >= 11 is 0. The summed E-state index contributed by atoms with van der Waals surface area (Å²) in [6.45, 7) is 13.1. The molecule has 0 aromatic heterocycles. The van der Waals surface area contributed by atoms with Crippen molar-refractivity contribution < 1.29 is 9.47 Å². The highest BCUT2D eigenvalue weighted by Crippen LogP contribution is 2.34. The summed E-state index contributed by atoms with van der Waals surface area (Å²) in [5, 5.41) is 3.47. The first-order chi connectivity index (χ1) is 9.08. The van der Waals surface area contributed by atoms with Gasteiger partial charge in [-0.25, -0.2) is 0 Å². The highest BCUT2D eigenvalue weighted by molar-refractivity contribution is 4.89. The molecule has 0 aromatic carbocycles. The van der Waals surface area contributed by atoms with Crippen LogP contribution in [-0.4, -0.2) is 38.5 Å². The second-order valence-electron chi connectivity index (χ2n) is 6.48. The Morgan fingerprint density at radius 3 is 2.74 bits per heavy atom. The molecule has 0 radical (unpaired) electrons. The average Bonchev–Trinajstić information content (AvgIpc) is 2.36. The Morgan fingerprint density at radius 2 is 2.11 bits per heavy atom. The van der Waals surface area contributed by atoms with Gasteiger partial charge in [0.25, 0.3) is 0 Å². The average molecular weight is 271 g/mol. The van der Waals surface area contributed by atoms with E-state index in [1.807, 2.05) is 0 Å². The maximum atomic E-state index is 6.24. The summed E-state index contributed by atoms with van der Waals surface area (Å²) < 4.78 is 11.9. The van der Waals surface area contributed by atoms with Crippen LogP contribution >= 0.6 is 0 Å². The van der Waals surface area contributed by atoms with Gasteiger partial charge in [0.2, 0.25) is 0 Å². The summed E-state index contributed by atoms with van der Waals surface area (Å²) in [4.78, 5) is 0. The van der Waals surface area contributed by atoms with Crippen molar-refractivity contribution in [1.29, 1.82) is 0 Å². The monoisotopic (exact) mass is 271 g/mol. The molecular formula is C16H33NO2. The van der Waals surface area contributed by atoms with Crippen LogP contribution in [0.5, 0.6) is 0 Å². The van der Waals surface area contributed by atoms with E-state index in [4.69, 9.17) is 9.47 Å². The smallest absolute Gasteiger partial charge is 0.0810 e. The van der Waals surface area contributed by atoms with Crippen molar-refractivity contribution >= 4 is 0 Å². The molecule has 0 heterocycles. The molecule has 3 heteroatoms. The fraction of sp³-hybridized carbons (Fsp3) is 1.00. The van der Waals surface area contributed by atoms with E-state index in [9.17, 15) is 0 Å². The molecule has 0 saturated heterocycles. The molecule has 1 N–H and O–H groups in total. The Kier molecular flexibility index (Phi) is 7.96. The van der Waals surface area contributed by atoms with Gasteiger partial charge in [0, 0.05) is 13.2 Å². The second kappa shape index (κ2) is 8.93. The van der Waals surface area contributed by atoms with E-state index in [1.165, 1.54) is 25.7 Å². The lowest BCUT2D eigenvalue weighted by molar-refractivity contribution is -0.0962. The van der Waals surface area contributed by atoms with Crippen molar-refractivity contribution in [3.05, 3.63) is 0 Å². The van der Waals surface area contributed by atoms with Crippen LogP contribution in [0.1, 0.15) is 53.4 Å². The molecule has 1 rings (SSSR count). The Bertz CT molecular complexity index is 233. The van der Waals surface area contributed by atoms with Crippen molar-refractivity contribution in [2.75, 3.05) is 32.9 Å². The highest BCUT2D eigenvalue weighted by Gasteiger charge is 2.35. The summed E-state index contributed by atoms with van der Waals surface area (Å²) in [6, 6.07) is 0. The largest absolute Gasteiger partial charge is 0.379 e. The summed E-state index contributed by atoms with van der Waals surface area (Å²) in [5.74, 6) is 1.38. The molecule has 19 heavy (non-hydrogen) atoms. The normalized spacial score (nSPS) is 27.9. The topological polar surface area (TPSA) is 30.5 Å². The van der Waals surface area contributed by atoms with Crippen molar-refractivity contribution in [3.63, 3.8) is 0 Å². The number of rotatable bonds is 9. The fourth-order valence-corrected chi connectivity index (χ4v) is 2.94. The third-order valence-electron chi connectivity index (χ3n) is 3.83. The predicted molar refractivity (Wildman–Crippen MR) is 80.5 cm³/mol. The maximum absolute atomic E-state index is 6.24. The lowest BCUT2D eigenvalue weighted by atomic mass is 9.78. The summed E-state index contributed by atoms with van der Waals surface area (Å²) in [6.07, 6.45) is 5.01. The lowest BCUT2D eigenvalue weighted by Crippen LogP contribution is -2.47. The molecule has 2 atom stereocenters. The second-order valence-corrected chi connectivity index (χ2v) is 6.48. The van der Waals surface area contributed by atoms with E-state index in [0.29, 0.717) is 5.92 Å². The third kappa shape index (κ3) is 6.73. The van der Waals surface area contributed by atoms with Gasteiger partial charge in [-0.15, -0.1) is 0 Å². The fourth-order valence-electron chi connectivity index (χ4n) is 2.94. The Balaban J connectivity index is 2.32. The molecule has 0 spiro atoms. The molecular weight excluding hydrogens is 238 g/mol. The SMILES string of the molecule is CCNCC1(OCCOCC(C)C)CCCC(C)C1. The number of hydrogen-bond donors (Lipinski definition) is 1. The van der Waals surface area contributed by atoms with E-state index in [1.54, 1.807) is 0 Å². The van der Waals surface area contributed by atoms with Crippen molar-refractivity contribution in [1.82, 2.24) is 5.32 Å². The zero-order valence-corrected chi connectivity index (χ0v) is 13.3. The summed E-state index contributed by atoms with van der Waals surface area (Å²) in [5.41, 5.74) is 0.0505. The third-order valence-corrected chi connectivity index (χ3v) is 3.83. The number of likely N-dealkylation sites (N-methyl/N-ethyl adjacent to an activating group) is 1. The van der Waals surface area contributed by atoms with E-state index in [2.05, 4.69) is 33.0 Å². The minimum absolute atomic E-state index is 0.0505. The zero-order chi connectivity index (χ0) is 14.1. The first-order valence-corrected chi connectivity index (χ1v) is 8.00. The van der Waals surface area contributed by atoms with Gasteiger partial charge in [-0.05, 0) is 31.2 Å². The van der Waals surface area contributed by atoms with Gasteiger partial charge in [0.1, 0.15) is 0 Å². The van der Waals surface area contributed by atoms with Crippen molar-refractivity contribution in [2.24, 2.45) is 11.8 Å². The molecule has 0 amide bonds. The lowest BCUT2D eigenvalue weighted by Gasteiger charge is -2.40. The van der Waals surface area contributed by atoms with E-state index >= 15 is 0 Å². The van der Waals surface area contributed by atoms with Gasteiger partial charge in [0.05, 0.1) is 18.8 Å². The van der Waals surface area contributed by atoms with Crippen LogP contribution in [0, 0.1) is 11.8 Å². The Morgan fingerprint density at radius 1 is 1.32 bits per heavy atom. The quantitative estimate of drug-likeness (QED) is 0.653. The first kappa shape index (κ1) is 16.9. The number of ether oxygens (including phenoxy) is 2. The van der Waals surface area contributed by atoms with Gasteiger partial charge >= 0.3 is 0 Å². The molecule has 0 aromatic rings. The minimum atomic E-state index is 0.0505. The van der Waals surface area contributed by atoms with E-state index in [-0.39, 0.29) is 5.60 Å². The Labute approximate surface area is 119 Å². The van der Waals surface area contributed by atoms with Crippen LogP contribution in [0.3, 0.4) is 0 Å². The van der Waals surface area contributed by atoms with Crippen LogP contribution in [0.4, 0.5) is 0 Å². The molecule has 2 unspecified atom stereocenters. The zero-order valence-electron chi connectivity index (χ0n) is 13.3. The molecule has 1 fully saturated rings. The van der Waals surface area contributed by atoms with Crippen LogP contribution < -0.4 is 5.32 Å². The van der Waals surface area contributed by atoms with Crippen molar-refractivity contribution in [3.8, 4) is 0 Å². The molecule has 1 saturated carbocycles. The molecule has 3 nitrogen and oxygen atoms in total. The van der Waals surface area contributed by atoms with Crippen LogP contribution in [-0.2, 0) is 9.47 Å².